The first-order chi connectivity index (χ1) is 6.06. The van der Waals surface area contributed by atoms with Gasteiger partial charge < -0.3 is 20.1 Å². The molecular formula is C9H18O4. The van der Waals surface area contributed by atoms with Crippen molar-refractivity contribution in [3.8, 4) is 0 Å². The van der Waals surface area contributed by atoms with Crippen molar-refractivity contribution in [1.29, 1.82) is 0 Å². The van der Waals surface area contributed by atoms with E-state index < -0.39 is 18.3 Å². The van der Waals surface area contributed by atoms with Gasteiger partial charge in [-0.1, -0.05) is 13.8 Å². The van der Waals surface area contributed by atoms with Gasteiger partial charge in [0.2, 0.25) is 0 Å². The van der Waals surface area contributed by atoms with Gasteiger partial charge in [-0.25, -0.2) is 0 Å². The van der Waals surface area contributed by atoms with Crippen LogP contribution >= 0.6 is 0 Å². The van der Waals surface area contributed by atoms with Crippen molar-refractivity contribution in [2.45, 2.75) is 44.7 Å². The van der Waals surface area contributed by atoms with Crippen LogP contribution in [0.4, 0.5) is 0 Å². The minimum atomic E-state index is -0.755. The quantitative estimate of drug-likeness (QED) is 0.550. The molecule has 4 heteroatoms. The van der Waals surface area contributed by atoms with Crippen molar-refractivity contribution in [3.05, 3.63) is 0 Å². The molecule has 1 fully saturated rings. The average Bonchev–Trinajstić information content (AvgIpc) is 2.03. The van der Waals surface area contributed by atoms with Crippen molar-refractivity contribution < 1.29 is 20.1 Å². The van der Waals surface area contributed by atoms with Gasteiger partial charge in [-0.15, -0.1) is 0 Å². The first-order valence-corrected chi connectivity index (χ1v) is 4.68. The molecule has 0 radical (unpaired) electrons. The number of hydrogen-bond donors (Lipinski definition) is 3. The zero-order chi connectivity index (χ0) is 10.0. The minimum absolute atomic E-state index is 0.191. The van der Waals surface area contributed by atoms with Crippen LogP contribution in [-0.4, -0.2) is 46.3 Å². The van der Waals surface area contributed by atoms with Crippen molar-refractivity contribution in [2.75, 3.05) is 6.61 Å². The molecule has 0 amide bonds. The highest BCUT2D eigenvalue weighted by Crippen LogP contribution is 2.24. The Labute approximate surface area is 78.1 Å². The fourth-order valence-corrected chi connectivity index (χ4v) is 1.68. The van der Waals surface area contributed by atoms with Crippen LogP contribution in [0, 0.1) is 5.92 Å². The largest absolute Gasteiger partial charge is 0.394 e. The van der Waals surface area contributed by atoms with Gasteiger partial charge in [0.15, 0.2) is 0 Å². The highest BCUT2D eigenvalue weighted by Gasteiger charge is 2.37. The predicted octanol–water partition coefficient (Wildman–Crippen LogP) is -0.486. The summed E-state index contributed by atoms with van der Waals surface area (Å²) < 4.78 is 5.37. The van der Waals surface area contributed by atoms with E-state index in [2.05, 4.69) is 0 Å². The van der Waals surface area contributed by atoms with E-state index in [1.165, 1.54) is 0 Å². The van der Waals surface area contributed by atoms with Crippen LogP contribution in [0.5, 0.6) is 0 Å². The Morgan fingerprint density at radius 1 is 1.31 bits per heavy atom. The predicted molar refractivity (Wildman–Crippen MR) is 47.2 cm³/mol. The number of ether oxygens (including phenoxy) is 1. The summed E-state index contributed by atoms with van der Waals surface area (Å²) >= 11 is 0. The SMILES string of the molecule is CC(C)[C@@H]1OC(CO)[C@H](O)C[C@H]1O. The van der Waals surface area contributed by atoms with E-state index in [1.54, 1.807) is 0 Å². The Kier molecular flexibility index (Phi) is 3.67. The van der Waals surface area contributed by atoms with E-state index in [4.69, 9.17) is 9.84 Å². The normalized spacial score (nSPS) is 41.1. The maximum atomic E-state index is 9.56. The average molecular weight is 190 g/mol. The van der Waals surface area contributed by atoms with Crippen molar-refractivity contribution in [1.82, 2.24) is 0 Å². The lowest BCUT2D eigenvalue weighted by atomic mass is 9.92. The first-order valence-electron chi connectivity index (χ1n) is 4.68. The second kappa shape index (κ2) is 4.37. The van der Waals surface area contributed by atoms with Crippen molar-refractivity contribution in [3.63, 3.8) is 0 Å². The number of hydrogen-bond acceptors (Lipinski definition) is 4. The van der Waals surface area contributed by atoms with Crippen LogP contribution in [0.25, 0.3) is 0 Å². The fourth-order valence-electron chi connectivity index (χ4n) is 1.68. The van der Waals surface area contributed by atoms with E-state index >= 15 is 0 Å². The van der Waals surface area contributed by atoms with Crippen LogP contribution in [-0.2, 0) is 4.74 Å². The number of aliphatic hydroxyl groups excluding tert-OH is 3. The molecule has 13 heavy (non-hydrogen) atoms. The van der Waals surface area contributed by atoms with E-state index in [1.807, 2.05) is 13.8 Å². The molecule has 1 aliphatic rings. The third-order valence-corrected chi connectivity index (χ3v) is 2.46. The summed E-state index contributed by atoms with van der Waals surface area (Å²) in [4.78, 5) is 0. The molecule has 4 nitrogen and oxygen atoms in total. The molecule has 0 aliphatic carbocycles. The lowest BCUT2D eigenvalue weighted by molar-refractivity contribution is -0.191. The molecule has 0 aromatic carbocycles. The molecule has 1 unspecified atom stereocenters. The Balaban J connectivity index is 2.58. The van der Waals surface area contributed by atoms with E-state index in [0.29, 0.717) is 0 Å². The maximum Gasteiger partial charge on any atom is 0.107 e. The van der Waals surface area contributed by atoms with Gasteiger partial charge >= 0.3 is 0 Å². The smallest absolute Gasteiger partial charge is 0.107 e. The third kappa shape index (κ3) is 2.40. The molecule has 0 bridgehead atoms. The minimum Gasteiger partial charge on any atom is -0.394 e. The maximum absolute atomic E-state index is 9.56. The molecule has 1 saturated heterocycles. The Hall–Kier alpha value is -0.160. The third-order valence-electron chi connectivity index (χ3n) is 2.46. The summed E-state index contributed by atoms with van der Waals surface area (Å²) in [6.45, 7) is 3.69. The summed E-state index contributed by atoms with van der Waals surface area (Å²) in [6.07, 6.45) is -1.92. The summed E-state index contributed by atoms with van der Waals surface area (Å²) in [7, 11) is 0. The Morgan fingerprint density at radius 2 is 1.92 bits per heavy atom. The molecule has 0 aromatic rings. The van der Waals surface area contributed by atoms with Gasteiger partial charge in [-0.3, -0.25) is 0 Å². The summed E-state index contributed by atoms with van der Waals surface area (Å²) in [5, 5.41) is 27.8. The molecule has 4 atom stereocenters. The number of rotatable bonds is 2. The number of aliphatic hydroxyl groups is 3. The van der Waals surface area contributed by atoms with Gasteiger partial charge in [0.05, 0.1) is 24.9 Å². The Bertz CT molecular complexity index is 160. The van der Waals surface area contributed by atoms with E-state index in [9.17, 15) is 10.2 Å². The summed E-state index contributed by atoms with van der Waals surface area (Å²) in [6, 6.07) is 0. The topological polar surface area (TPSA) is 69.9 Å². The van der Waals surface area contributed by atoms with Crippen LogP contribution in [0.2, 0.25) is 0 Å². The van der Waals surface area contributed by atoms with Gasteiger partial charge in [0.1, 0.15) is 6.10 Å². The molecule has 78 valence electrons. The second-order valence-corrected chi connectivity index (χ2v) is 3.94. The second-order valence-electron chi connectivity index (χ2n) is 3.94. The highest BCUT2D eigenvalue weighted by atomic mass is 16.5. The Morgan fingerprint density at radius 3 is 2.38 bits per heavy atom. The van der Waals surface area contributed by atoms with Gasteiger partial charge in [0, 0.05) is 6.42 Å². The van der Waals surface area contributed by atoms with E-state index in [0.717, 1.165) is 0 Å². The van der Waals surface area contributed by atoms with Crippen LogP contribution in [0.1, 0.15) is 20.3 Å². The standard InChI is InChI=1S/C9H18O4/c1-5(2)9-7(12)3-6(11)8(4-10)13-9/h5-12H,3-4H2,1-2H3/t6-,7-,8?,9+/m1/s1. The van der Waals surface area contributed by atoms with Crippen LogP contribution < -0.4 is 0 Å². The monoisotopic (exact) mass is 190 g/mol. The highest BCUT2D eigenvalue weighted by molar-refractivity contribution is 4.85. The first kappa shape index (κ1) is 10.9. The van der Waals surface area contributed by atoms with Gasteiger partial charge in [-0.05, 0) is 5.92 Å². The lowest BCUT2D eigenvalue weighted by Crippen LogP contribution is -2.50. The molecule has 3 N–H and O–H groups in total. The lowest BCUT2D eigenvalue weighted by Gasteiger charge is -2.38. The molecule has 1 heterocycles. The van der Waals surface area contributed by atoms with E-state index in [-0.39, 0.29) is 25.0 Å². The molecule has 0 spiro atoms. The zero-order valence-electron chi connectivity index (χ0n) is 8.05. The fraction of sp³-hybridized carbons (Fsp3) is 1.00. The van der Waals surface area contributed by atoms with Gasteiger partial charge in [0.25, 0.3) is 0 Å². The summed E-state index contributed by atoms with van der Waals surface area (Å²) in [5.74, 6) is 0.191. The van der Waals surface area contributed by atoms with Crippen molar-refractivity contribution >= 4 is 0 Å². The molecule has 0 aromatic heterocycles. The van der Waals surface area contributed by atoms with Crippen molar-refractivity contribution in [2.24, 2.45) is 5.92 Å². The molecular weight excluding hydrogens is 172 g/mol. The zero-order valence-corrected chi connectivity index (χ0v) is 8.05. The molecule has 1 rings (SSSR count). The molecule has 0 saturated carbocycles. The molecule has 1 aliphatic heterocycles. The van der Waals surface area contributed by atoms with Crippen LogP contribution in [0.15, 0.2) is 0 Å². The summed E-state index contributed by atoms with van der Waals surface area (Å²) in [5.41, 5.74) is 0. The van der Waals surface area contributed by atoms with Crippen LogP contribution in [0.3, 0.4) is 0 Å². The van der Waals surface area contributed by atoms with Gasteiger partial charge in [-0.2, -0.15) is 0 Å².